The largest absolute Gasteiger partial charge is 0.347 e. The quantitative estimate of drug-likeness (QED) is 0.676. The van der Waals surface area contributed by atoms with Gasteiger partial charge in [-0.05, 0) is 36.2 Å². The zero-order valence-electron chi connectivity index (χ0n) is 14.1. The number of nitrogens with zero attached hydrogens (tertiary/aromatic N) is 2. The van der Waals surface area contributed by atoms with Gasteiger partial charge in [-0.1, -0.05) is 23.7 Å². The highest BCUT2D eigenvalue weighted by Crippen LogP contribution is 2.35. The minimum atomic E-state index is -0.310. The number of thiophene rings is 1. The molecule has 0 aliphatic carbocycles. The number of aromatic nitrogens is 2. The zero-order valence-corrected chi connectivity index (χ0v) is 15.6. The highest BCUT2D eigenvalue weighted by atomic mass is 35.5. The fraction of sp³-hybridized carbons (Fsp3) is 0.222. The molecule has 1 aromatic carbocycles. The number of benzene rings is 1. The van der Waals surface area contributed by atoms with Crippen molar-refractivity contribution in [2.45, 2.75) is 12.5 Å². The van der Waals surface area contributed by atoms with Crippen molar-refractivity contribution in [2.75, 3.05) is 6.54 Å². The fourth-order valence-electron chi connectivity index (χ4n) is 2.69. The minimum Gasteiger partial charge on any atom is -0.347 e. The van der Waals surface area contributed by atoms with Gasteiger partial charge in [-0.25, -0.2) is 4.39 Å². The summed E-state index contributed by atoms with van der Waals surface area (Å²) in [6.07, 6.45) is 2.13. The first-order valence-electron chi connectivity index (χ1n) is 8.01. The number of amides is 1. The van der Waals surface area contributed by atoms with Crippen molar-refractivity contribution in [1.82, 2.24) is 15.1 Å². The maximum Gasteiger partial charge on any atom is 0.261 e. The van der Waals surface area contributed by atoms with Crippen LogP contribution in [0.25, 0.3) is 11.3 Å². The van der Waals surface area contributed by atoms with Crippen LogP contribution in [0.2, 0.25) is 4.34 Å². The van der Waals surface area contributed by atoms with Gasteiger partial charge >= 0.3 is 0 Å². The number of aryl methyl sites for hydroxylation is 1. The van der Waals surface area contributed by atoms with Crippen LogP contribution in [0.5, 0.6) is 0 Å². The molecule has 3 aromatic rings. The van der Waals surface area contributed by atoms with Crippen molar-refractivity contribution in [3.05, 3.63) is 63.2 Å². The van der Waals surface area contributed by atoms with Gasteiger partial charge in [-0.3, -0.25) is 9.48 Å². The third kappa shape index (κ3) is 4.12. The van der Waals surface area contributed by atoms with Crippen LogP contribution in [0.1, 0.15) is 15.2 Å². The highest BCUT2D eigenvalue weighted by molar-refractivity contribution is 7.18. The van der Waals surface area contributed by atoms with Crippen LogP contribution in [0.3, 0.4) is 0 Å². The Hall–Kier alpha value is -2.22. The number of rotatable bonds is 6. The molecule has 1 unspecified atom stereocenters. The van der Waals surface area contributed by atoms with E-state index in [1.165, 1.54) is 23.5 Å². The number of nitrogens with two attached hydrogens (primary N) is 1. The van der Waals surface area contributed by atoms with Crippen LogP contribution >= 0.6 is 22.9 Å². The summed E-state index contributed by atoms with van der Waals surface area (Å²) < 4.78 is 15.5. The predicted octanol–water partition coefficient (Wildman–Crippen LogP) is 3.24. The number of hydrogen-bond acceptors (Lipinski definition) is 4. The van der Waals surface area contributed by atoms with Crippen molar-refractivity contribution in [3.63, 3.8) is 0 Å². The van der Waals surface area contributed by atoms with Crippen LogP contribution in [-0.2, 0) is 13.5 Å². The monoisotopic (exact) mass is 392 g/mol. The molecule has 0 radical (unpaired) electrons. The van der Waals surface area contributed by atoms with Crippen molar-refractivity contribution in [2.24, 2.45) is 12.8 Å². The molecule has 3 rings (SSSR count). The molecule has 0 spiro atoms. The van der Waals surface area contributed by atoms with Crippen LogP contribution in [0.4, 0.5) is 4.39 Å². The Morgan fingerprint density at radius 2 is 2.23 bits per heavy atom. The molecule has 0 fully saturated rings. The second kappa shape index (κ2) is 7.99. The van der Waals surface area contributed by atoms with E-state index >= 15 is 0 Å². The Balaban J connectivity index is 1.73. The summed E-state index contributed by atoms with van der Waals surface area (Å²) in [6.45, 7) is 0.246. The molecule has 0 aliphatic rings. The Morgan fingerprint density at radius 1 is 1.42 bits per heavy atom. The summed E-state index contributed by atoms with van der Waals surface area (Å²) in [4.78, 5) is 13.1. The molecular weight excluding hydrogens is 375 g/mol. The maximum absolute atomic E-state index is 13.3. The summed E-state index contributed by atoms with van der Waals surface area (Å²) >= 11 is 7.50. The van der Waals surface area contributed by atoms with Crippen molar-refractivity contribution < 1.29 is 9.18 Å². The number of nitrogens with one attached hydrogen (secondary N) is 1. The number of carbonyl (C=O) groups is 1. The van der Waals surface area contributed by atoms with Gasteiger partial charge in [0.25, 0.3) is 5.91 Å². The standard InChI is InChI=1S/C18H18ClFN4OS/c1-24-15(5-6-22-24)14-9-16(26-17(14)19)18(25)23-13(10-21)8-11-3-2-4-12(20)7-11/h2-7,9,13H,8,10,21H2,1H3,(H,23,25). The maximum atomic E-state index is 13.3. The SMILES string of the molecule is Cn1nccc1-c1cc(C(=O)NC(CN)Cc2cccc(F)c2)sc1Cl. The first-order chi connectivity index (χ1) is 12.5. The van der Waals surface area contributed by atoms with Crippen LogP contribution in [0, 0.1) is 5.82 Å². The minimum absolute atomic E-state index is 0.246. The fourth-order valence-corrected chi connectivity index (χ4v) is 3.89. The smallest absolute Gasteiger partial charge is 0.261 e. The van der Waals surface area contributed by atoms with Crippen molar-refractivity contribution in [1.29, 1.82) is 0 Å². The number of carbonyl (C=O) groups excluding carboxylic acids is 1. The molecular formula is C18H18ClFN4OS. The summed E-state index contributed by atoms with van der Waals surface area (Å²) in [5, 5.41) is 7.01. The molecule has 5 nitrogen and oxygen atoms in total. The summed E-state index contributed by atoms with van der Waals surface area (Å²) in [5.74, 6) is -0.562. The lowest BCUT2D eigenvalue weighted by Crippen LogP contribution is -2.41. The second-order valence-corrected chi connectivity index (χ2v) is 7.53. The van der Waals surface area contributed by atoms with E-state index in [4.69, 9.17) is 17.3 Å². The van der Waals surface area contributed by atoms with E-state index in [0.717, 1.165) is 16.8 Å². The van der Waals surface area contributed by atoms with E-state index in [-0.39, 0.29) is 24.3 Å². The Bertz CT molecular complexity index is 924. The Labute approximate surface area is 159 Å². The molecule has 0 saturated carbocycles. The van der Waals surface area contributed by atoms with Gasteiger partial charge in [0, 0.05) is 31.4 Å². The second-order valence-electron chi connectivity index (χ2n) is 5.88. The lowest BCUT2D eigenvalue weighted by molar-refractivity contribution is 0.0942. The Morgan fingerprint density at radius 3 is 2.88 bits per heavy atom. The van der Waals surface area contributed by atoms with E-state index < -0.39 is 0 Å². The number of hydrogen-bond donors (Lipinski definition) is 2. The average molecular weight is 393 g/mol. The van der Waals surface area contributed by atoms with Crippen molar-refractivity contribution in [3.8, 4) is 11.3 Å². The normalized spacial score (nSPS) is 12.2. The highest BCUT2D eigenvalue weighted by Gasteiger charge is 2.19. The van der Waals surface area contributed by atoms with E-state index in [0.29, 0.717) is 15.6 Å². The van der Waals surface area contributed by atoms with Crippen molar-refractivity contribution >= 4 is 28.8 Å². The summed E-state index contributed by atoms with van der Waals surface area (Å²) in [7, 11) is 1.81. The van der Waals surface area contributed by atoms with Gasteiger partial charge in [0.15, 0.2) is 0 Å². The number of halogens is 2. The molecule has 1 amide bonds. The molecule has 26 heavy (non-hydrogen) atoms. The Kier molecular flexibility index (Phi) is 5.70. The van der Waals surface area contributed by atoms with Gasteiger partial charge in [0.1, 0.15) is 10.2 Å². The third-order valence-corrected chi connectivity index (χ3v) is 5.36. The molecule has 2 heterocycles. The lowest BCUT2D eigenvalue weighted by Gasteiger charge is -2.16. The van der Waals surface area contributed by atoms with Crippen LogP contribution in [0.15, 0.2) is 42.6 Å². The topological polar surface area (TPSA) is 72.9 Å². The van der Waals surface area contributed by atoms with Gasteiger partial charge in [0.05, 0.1) is 10.6 Å². The van der Waals surface area contributed by atoms with E-state index in [1.807, 2.05) is 13.1 Å². The summed E-state index contributed by atoms with van der Waals surface area (Å²) in [6, 6.07) is 9.55. The molecule has 0 saturated heterocycles. The molecule has 136 valence electrons. The van der Waals surface area contributed by atoms with Gasteiger partial charge in [-0.2, -0.15) is 5.10 Å². The molecule has 8 heteroatoms. The molecule has 1 atom stereocenters. The predicted molar refractivity (Wildman–Crippen MR) is 102 cm³/mol. The molecule has 0 bridgehead atoms. The molecule has 3 N–H and O–H groups in total. The van der Waals surface area contributed by atoms with E-state index in [2.05, 4.69) is 10.4 Å². The molecule has 2 aromatic heterocycles. The first kappa shape index (κ1) is 18.6. The van der Waals surface area contributed by atoms with Crippen LogP contribution < -0.4 is 11.1 Å². The van der Waals surface area contributed by atoms with Gasteiger partial charge in [0.2, 0.25) is 0 Å². The van der Waals surface area contributed by atoms with Gasteiger partial charge in [-0.15, -0.1) is 11.3 Å². The molecule has 0 aliphatic heterocycles. The summed E-state index contributed by atoms with van der Waals surface area (Å²) in [5.41, 5.74) is 8.15. The average Bonchev–Trinajstić information content (AvgIpc) is 3.19. The van der Waals surface area contributed by atoms with E-state index in [9.17, 15) is 9.18 Å². The van der Waals surface area contributed by atoms with Gasteiger partial charge < -0.3 is 11.1 Å². The third-order valence-electron chi connectivity index (χ3n) is 4.00. The lowest BCUT2D eigenvalue weighted by atomic mass is 10.1. The first-order valence-corrected chi connectivity index (χ1v) is 9.20. The zero-order chi connectivity index (χ0) is 18.7. The van der Waals surface area contributed by atoms with E-state index in [1.54, 1.807) is 29.1 Å². The van der Waals surface area contributed by atoms with Crippen LogP contribution in [-0.4, -0.2) is 28.3 Å².